The average molecular weight is 319 g/mol. The van der Waals surface area contributed by atoms with Crippen LogP contribution in [-0.2, 0) is 24.5 Å². The molecule has 1 fully saturated rings. The topological polar surface area (TPSA) is 55.8 Å². The normalized spacial score (nSPS) is 18.3. The third-order valence-electron chi connectivity index (χ3n) is 4.04. The van der Waals surface area contributed by atoms with Crippen molar-refractivity contribution in [2.75, 3.05) is 31.8 Å². The number of carbonyl (C=O) groups excluding carboxylic acids is 2. The fourth-order valence-electron chi connectivity index (χ4n) is 2.60. The Balaban J connectivity index is 2.01. The van der Waals surface area contributed by atoms with Crippen LogP contribution in [0.5, 0.6) is 0 Å². The lowest BCUT2D eigenvalue weighted by Gasteiger charge is -2.21. The minimum absolute atomic E-state index is 0.0396. The molecule has 126 valence electrons. The predicted octanol–water partition coefficient (Wildman–Crippen LogP) is 2.53. The van der Waals surface area contributed by atoms with Gasteiger partial charge in [0.15, 0.2) is 0 Å². The van der Waals surface area contributed by atoms with Crippen molar-refractivity contribution in [3.63, 3.8) is 0 Å². The van der Waals surface area contributed by atoms with Gasteiger partial charge in [-0.2, -0.15) is 0 Å². The zero-order valence-corrected chi connectivity index (χ0v) is 14.3. The number of esters is 1. The van der Waals surface area contributed by atoms with Crippen LogP contribution in [0.1, 0.15) is 32.8 Å². The largest absolute Gasteiger partial charge is 0.463 e. The lowest BCUT2D eigenvalue weighted by molar-refractivity contribution is -0.149. The van der Waals surface area contributed by atoms with Gasteiger partial charge in [-0.3, -0.25) is 9.59 Å². The van der Waals surface area contributed by atoms with Gasteiger partial charge < -0.3 is 14.4 Å². The van der Waals surface area contributed by atoms with Gasteiger partial charge in [0.2, 0.25) is 5.91 Å². The monoisotopic (exact) mass is 319 g/mol. The molecule has 0 spiro atoms. The van der Waals surface area contributed by atoms with Crippen LogP contribution in [0, 0.1) is 5.92 Å². The van der Waals surface area contributed by atoms with Gasteiger partial charge in [-0.1, -0.05) is 32.9 Å². The molecule has 2 rings (SSSR count). The number of methoxy groups -OCH3 is 1. The number of hydrogen-bond acceptors (Lipinski definition) is 4. The number of amides is 1. The highest BCUT2D eigenvalue weighted by Gasteiger charge is 2.36. The number of benzene rings is 1. The summed E-state index contributed by atoms with van der Waals surface area (Å²) >= 11 is 0. The van der Waals surface area contributed by atoms with Gasteiger partial charge in [0, 0.05) is 25.8 Å². The fraction of sp³-hybridized carbons (Fsp3) is 0.556. The third-order valence-corrected chi connectivity index (χ3v) is 4.04. The molecule has 0 bridgehead atoms. The van der Waals surface area contributed by atoms with Gasteiger partial charge >= 0.3 is 5.97 Å². The maximum atomic E-state index is 12.2. The van der Waals surface area contributed by atoms with Crippen molar-refractivity contribution >= 4 is 17.6 Å². The maximum Gasteiger partial charge on any atom is 0.311 e. The molecule has 1 saturated heterocycles. The number of ether oxygens (including phenoxy) is 2. The summed E-state index contributed by atoms with van der Waals surface area (Å²) in [5.41, 5.74) is 2.11. The molecule has 1 atom stereocenters. The van der Waals surface area contributed by atoms with Gasteiger partial charge in [0.1, 0.15) is 6.61 Å². The zero-order chi connectivity index (χ0) is 17.0. The Morgan fingerprint density at radius 1 is 1.22 bits per heavy atom. The number of rotatable bonds is 5. The summed E-state index contributed by atoms with van der Waals surface area (Å²) in [5, 5.41) is 0. The molecule has 0 saturated carbocycles. The predicted molar refractivity (Wildman–Crippen MR) is 88.4 cm³/mol. The Morgan fingerprint density at radius 2 is 1.87 bits per heavy atom. The van der Waals surface area contributed by atoms with E-state index in [9.17, 15) is 9.59 Å². The standard InChI is InChI=1S/C18H25NO4/c1-18(2,3)14-5-7-15(8-6-14)19-12-13(11-16(19)20)17(21)23-10-9-22-4/h5-8,13H,9-12H2,1-4H3/t13-/m0/s1. The van der Waals surface area contributed by atoms with E-state index in [0.717, 1.165) is 5.69 Å². The summed E-state index contributed by atoms with van der Waals surface area (Å²) in [7, 11) is 1.55. The van der Waals surface area contributed by atoms with Crippen molar-refractivity contribution in [2.24, 2.45) is 5.92 Å². The van der Waals surface area contributed by atoms with Crippen molar-refractivity contribution in [2.45, 2.75) is 32.6 Å². The van der Waals surface area contributed by atoms with E-state index in [1.54, 1.807) is 12.0 Å². The second-order valence-corrected chi connectivity index (χ2v) is 6.86. The summed E-state index contributed by atoms with van der Waals surface area (Å²) in [6.07, 6.45) is 0.201. The van der Waals surface area contributed by atoms with E-state index in [1.165, 1.54) is 5.56 Å². The van der Waals surface area contributed by atoms with E-state index < -0.39 is 5.92 Å². The molecule has 0 aliphatic carbocycles. The molecule has 1 amide bonds. The highest BCUT2D eigenvalue weighted by atomic mass is 16.6. The summed E-state index contributed by atoms with van der Waals surface area (Å²) in [5.74, 6) is -0.770. The van der Waals surface area contributed by atoms with Crippen molar-refractivity contribution in [1.29, 1.82) is 0 Å². The molecule has 0 radical (unpaired) electrons. The minimum Gasteiger partial charge on any atom is -0.463 e. The molecule has 1 aliphatic rings. The molecular weight excluding hydrogens is 294 g/mol. The summed E-state index contributed by atoms with van der Waals surface area (Å²) in [4.78, 5) is 25.8. The first-order valence-corrected chi connectivity index (χ1v) is 7.89. The van der Waals surface area contributed by atoms with Crippen molar-refractivity contribution in [3.05, 3.63) is 29.8 Å². The molecule has 1 heterocycles. The highest BCUT2D eigenvalue weighted by Crippen LogP contribution is 2.29. The van der Waals surface area contributed by atoms with Crippen LogP contribution in [0.15, 0.2) is 24.3 Å². The van der Waals surface area contributed by atoms with Crippen LogP contribution < -0.4 is 4.90 Å². The average Bonchev–Trinajstić information content (AvgIpc) is 2.89. The van der Waals surface area contributed by atoms with Gasteiger partial charge in [-0.05, 0) is 23.1 Å². The Labute approximate surface area is 137 Å². The van der Waals surface area contributed by atoms with Gasteiger partial charge in [0.05, 0.1) is 12.5 Å². The first-order valence-electron chi connectivity index (χ1n) is 7.89. The van der Waals surface area contributed by atoms with E-state index in [0.29, 0.717) is 13.2 Å². The summed E-state index contributed by atoms with van der Waals surface area (Å²) < 4.78 is 9.97. The molecule has 0 N–H and O–H groups in total. The highest BCUT2D eigenvalue weighted by molar-refractivity contribution is 5.99. The Hall–Kier alpha value is -1.88. The van der Waals surface area contributed by atoms with E-state index in [-0.39, 0.29) is 30.3 Å². The van der Waals surface area contributed by atoms with E-state index in [2.05, 4.69) is 20.8 Å². The second kappa shape index (κ2) is 7.13. The van der Waals surface area contributed by atoms with Crippen LogP contribution >= 0.6 is 0 Å². The third kappa shape index (κ3) is 4.32. The van der Waals surface area contributed by atoms with E-state index >= 15 is 0 Å². The van der Waals surface area contributed by atoms with Crippen molar-refractivity contribution < 1.29 is 19.1 Å². The number of anilines is 1. The second-order valence-electron chi connectivity index (χ2n) is 6.86. The molecule has 1 aromatic carbocycles. The Morgan fingerprint density at radius 3 is 2.43 bits per heavy atom. The smallest absolute Gasteiger partial charge is 0.311 e. The fourth-order valence-corrected chi connectivity index (χ4v) is 2.60. The van der Waals surface area contributed by atoms with E-state index in [4.69, 9.17) is 9.47 Å². The van der Waals surface area contributed by atoms with Crippen LogP contribution in [0.3, 0.4) is 0 Å². The van der Waals surface area contributed by atoms with E-state index in [1.807, 2.05) is 24.3 Å². The quantitative estimate of drug-likeness (QED) is 0.618. The molecule has 5 heteroatoms. The lowest BCUT2D eigenvalue weighted by atomic mass is 9.87. The Kier molecular flexibility index (Phi) is 5.42. The lowest BCUT2D eigenvalue weighted by Crippen LogP contribution is -2.27. The molecule has 5 nitrogen and oxygen atoms in total. The van der Waals surface area contributed by atoms with Gasteiger partial charge in [0.25, 0.3) is 0 Å². The van der Waals surface area contributed by atoms with Crippen LogP contribution in [0.4, 0.5) is 5.69 Å². The van der Waals surface area contributed by atoms with Crippen molar-refractivity contribution in [1.82, 2.24) is 0 Å². The van der Waals surface area contributed by atoms with Crippen molar-refractivity contribution in [3.8, 4) is 0 Å². The number of carbonyl (C=O) groups is 2. The summed E-state index contributed by atoms with van der Waals surface area (Å²) in [6, 6.07) is 7.95. The minimum atomic E-state index is -0.401. The van der Waals surface area contributed by atoms with Crippen LogP contribution in [-0.4, -0.2) is 38.7 Å². The van der Waals surface area contributed by atoms with Gasteiger partial charge in [-0.25, -0.2) is 0 Å². The molecule has 0 unspecified atom stereocenters. The van der Waals surface area contributed by atoms with Gasteiger partial charge in [-0.15, -0.1) is 0 Å². The molecular formula is C18H25NO4. The van der Waals surface area contributed by atoms with Crippen LogP contribution in [0.2, 0.25) is 0 Å². The number of nitrogens with zero attached hydrogens (tertiary/aromatic N) is 1. The number of hydrogen-bond donors (Lipinski definition) is 0. The summed E-state index contributed by atoms with van der Waals surface area (Å²) in [6.45, 7) is 7.41. The first kappa shape index (κ1) is 17.5. The molecule has 23 heavy (non-hydrogen) atoms. The molecule has 0 aromatic heterocycles. The first-order chi connectivity index (χ1) is 10.8. The SMILES string of the molecule is COCCOC(=O)[C@H]1CC(=O)N(c2ccc(C(C)(C)C)cc2)C1. The maximum absolute atomic E-state index is 12.2. The molecule has 1 aliphatic heterocycles. The molecule has 1 aromatic rings. The zero-order valence-electron chi connectivity index (χ0n) is 14.3. The Bertz CT molecular complexity index is 559. The van der Waals surface area contributed by atoms with Crippen LogP contribution in [0.25, 0.3) is 0 Å².